The molecule has 0 aromatic heterocycles. The zero-order chi connectivity index (χ0) is 19.4. The van der Waals surface area contributed by atoms with Gasteiger partial charge in [0.25, 0.3) is 0 Å². The lowest BCUT2D eigenvalue weighted by atomic mass is 9.61. The van der Waals surface area contributed by atoms with Gasteiger partial charge in [-0.1, -0.05) is 6.92 Å². The molecular weight excluding hydrogens is 355 g/mol. The smallest absolute Gasteiger partial charge is 0.380 e. The summed E-state index contributed by atoms with van der Waals surface area (Å²) in [7, 11) is 0. The molecule has 1 nitrogen and oxygen atoms in total. The van der Waals surface area contributed by atoms with Gasteiger partial charge < -0.3 is 5.11 Å². The SMILES string of the molecule is CC1CC(C(C)(O)C(F)(F)F)CC(C(C)(C(F)(F)F)C(F)(F)F)C1. The second kappa shape index (κ2) is 5.95. The Morgan fingerprint density at radius 2 is 1.04 bits per heavy atom. The van der Waals surface area contributed by atoms with E-state index in [9.17, 15) is 44.6 Å². The lowest BCUT2D eigenvalue weighted by Crippen LogP contribution is -2.57. The quantitative estimate of drug-likeness (QED) is 0.635. The summed E-state index contributed by atoms with van der Waals surface area (Å²) in [6, 6.07) is 0. The first-order valence-electron chi connectivity index (χ1n) is 7.28. The summed E-state index contributed by atoms with van der Waals surface area (Å²) in [5.41, 5.74) is -7.48. The molecule has 0 heterocycles. The van der Waals surface area contributed by atoms with Crippen LogP contribution >= 0.6 is 0 Å². The Morgan fingerprint density at radius 3 is 1.38 bits per heavy atom. The number of aliphatic hydroxyl groups is 1. The molecule has 0 aromatic carbocycles. The van der Waals surface area contributed by atoms with E-state index in [2.05, 4.69) is 0 Å². The first-order valence-corrected chi connectivity index (χ1v) is 7.28. The van der Waals surface area contributed by atoms with Crippen LogP contribution in [0.25, 0.3) is 0 Å². The van der Waals surface area contributed by atoms with Crippen molar-refractivity contribution in [3.63, 3.8) is 0 Å². The number of hydrogen-bond acceptors (Lipinski definition) is 1. The fourth-order valence-corrected chi connectivity index (χ4v) is 3.39. The molecule has 144 valence electrons. The van der Waals surface area contributed by atoms with E-state index in [1.165, 1.54) is 6.92 Å². The van der Waals surface area contributed by atoms with E-state index in [0.29, 0.717) is 6.92 Å². The van der Waals surface area contributed by atoms with Crippen LogP contribution in [-0.2, 0) is 0 Å². The van der Waals surface area contributed by atoms with E-state index in [-0.39, 0.29) is 13.3 Å². The van der Waals surface area contributed by atoms with Crippen LogP contribution in [0.4, 0.5) is 39.5 Å². The van der Waals surface area contributed by atoms with Gasteiger partial charge in [0.15, 0.2) is 11.0 Å². The van der Waals surface area contributed by atoms with Crippen molar-refractivity contribution >= 4 is 0 Å². The second-order valence-electron chi connectivity index (χ2n) is 7.05. The van der Waals surface area contributed by atoms with Gasteiger partial charge in [0.1, 0.15) is 0 Å². The molecule has 1 rings (SSSR count). The summed E-state index contributed by atoms with van der Waals surface area (Å²) < 4.78 is 118. The molecule has 24 heavy (non-hydrogen) atoms. The van der Waals surface area contributed by atoms with E-state index >= 15 is 0 Å². The Labute approximate surface area is 133 Å². The number of hydrogen-bond donors (Lipinski definition) is 1. The minimum absolute atomic E-state index is 0.0188. The van der Waals surface area contributed by atoms with Crippen LogP contribution in [0, 0.1) is 23.2 Å². The molecule has 0 spiro atoms. The van der Waals surface area contributed by atoms with Crippen molar-refractivity contribution in [3.8, 4) is 0 Å². The summed E-state index contributed by atoms with van der Waals surface area (Å²) in [5, 5.41) is 9.70. The minimum Gasteiger partial charge on any atom is -0.380 e. The normalized spacial score (nSPS) is 30.1. The van der Waals surface area contributed by atoms with Crippen molar-refractivity contribution < 1.29 is 44.6 Å². The van der Waals surface area contributed by atoms with E-state index in [4.69, 9.17) is 0 Å². The van der Waals surface area contributed by atoms with Crippen LogP contribution in [0.2, 0.25) is 0 Å². The maximum atomic E-state index is 13.2. The third-order valence-corrected chi connectivity index (χ3v) is 5.31. The third kappa shape index (κ3) is 3.48. The van der Waals surface area contributed by atoms with E-state index in [1.807, 2.05) is 0 Å². The number of alkyl halides is 9. The first kappa shape index (κ1) is 21.4. The molecule has 0 radical (unpaired) electrons. The van der Waals surface area contributed by atoms with Crippen LogP contribution in [-0.4, -0.2) is 29.2 Å². The predicted octanol–water partition coefficient (Wildman–Crippen LogP) is 5.48. The zero-order valence-electron chi connectivity index (χ0n) is 13.2. The lowest BCUT2D eigenvalue weighted by molar-refractivity contribution is -0.359. The van der Waals surface area contributed by atoms with Crippen LogP contribution in [0.1, 0.15) is 40.0 Å². The Kier molecular flexibility index (Phi) is 5.30. The van der Waals surface area contributed by atoms with Crippen LogP contribution in [0.3, 0.4) is 0 Å². The molecule has 1 fully saturated rings. The number of halogens is 9. The van der Waals surface area contributed by atoms with Crippen LogP contribution in [0.5, 0.6) is 0 Å². The van der Waals surface area contributed by atoms with Gasteiger partial charge in [-0.3, -0.25) is 0 Å². The summed E-state index contributed by atoms with van der Waals surface area (Å²) in [4.78, 5) is 0. The Bertz CT molecular complexity index is 433. The molecule has 1 aliphatic rings. The Morgan fingerprint density at radius 1 is 0.667 bits per heavy atom. The highest BCUT2D eigenvalue weighted by atomic mass is 19.4. The highest BCUT2D eigenvalue weighted by molar-refractivity contribution is 5.01. The third-order valence-electron chi connectivity index (χ3n) is 5.31. The molecule has 1 aliphatic carbocycles. The molecule has 0 aromatic rings. The second-order valence-corrected chi connectivity index (χ2v) is 7.05. The topological polar surface area (TPSA) is 20.2 Å². The van der Waals surface area contributed by atoms with Gasteiger partial charge in [0.05, 0.1) is 0 Å². The van der Waals surface area contributed by atoms with Crippen molar-refractivity contribution in [2.45, 2.75) is 64.2 Å². The molecule has 4 atom stereocenters. The summed E-state index contributed by atoms with van der Waals surface area (Å²) in [5.74, 6) is -4.65. The first-order chi connectivity index (χ1) is 10.4. The van der Waals surface area contributed by atoms with Gasteiger partial charge in [-0.05, 0) is 50.9 Å². The van der Waals surface area contributed by atoms with Gasteiger partial charge in [0.2, 0.25) is 0 Å². The van der Waals surface area contributed by atoms with Crippen molar-refractivity contribution in [1.29, 1.82) is 0 Å². The predicted molar refractivity (Wildman–Crippen MR) is 66.9 cm³/mol. The molecule has 0 aliphatic heterocycles. The fraction of sp³-hybridized carbons (Fsp3) is 1.00. The molecule has 0 saturated heterocycles. The van der Waals surface area contributed by atoms with Gasteiger partial charge in [-0.2, -0.15) is 39.5 Å². The maximum Gasteiger partial charge on any atom is 0.417 e. The van der Waals surface area contributed by atoms with Crippen LogP contribution < -0.4 is 0 Å². The molecular formula is C14H19F9O. The van der Waals surface area contributed by atoms with E-state index in [0.717, 1.165) is 0 Å². The zero-order valence-corrected chi connectivity index (χ0v) is 13.2. The largest absolute Gasteiger partial charge is 0.417 e. The fourth-order valence-electron chi connectivity index (χ4n) is 3.39. The monoisotopic (exact) mass is 374 g/mol. The maximum absolute atomic E-state index is 13.2. The minimum atomic E-state index is -5.67. The van der Waals surface area contributed by atoms with Gasteiger partial charge in [0, 0.05) is 0 Å². The molecule has 0 bridgehead atoms. The standard InChI is InChI=1S/C14H19F9O/c1-7-4-8(10(2,12(15,16)17)13(18,19)20)6-9(5-7)11(3,24)14(21,22)23/h7-9,24H,4-6H2,1-3H3. The van der Waals surface area contributed by atoms with Gasteiger partial charge in [-0.25, -0.2) is 0 Å². The summed E-state index contributed by atoms with van der Waals surface area (Å²) >= 11 is 0. The van der Waals surface area contributed by atoms with Crippen molar-refractivity contribution in [2.24, 2.45) is 23.2 Å². The van der Waals surface area contributed by atoms with Gasteiger partial charge in [-0.15, -0.1) is 0 Å². The molecule has 4 unspecified atom stereocenters. The Hall–Kier alpha value is -0.670. The van der Waals surface area contributed by atoms with E-state index < -0.39 is 60.1 Å². The molecule has 10 heteroatoms. The highest BCUT2D eigenvalue weighted by Gasteiger charge is 2.71. The average molecular weight is 374 g/mol. The lowest BCUT2D eigenvalue weighted by Gasteiger charge is -2.48. The van der Waals surface area contributed by atoms with E-state index in [1.54, 1.807) is 0 Å². The summed E-state index contributed by atoms with van der Waals surface area (Å²) in [6.45, 7) is 1.67. The summed E-state index contributed by atoms with van der Waals surface area (Å²) in [6.07, 6.45) is -18.3. The Balaban J connectivity index is 3.30. The van der Waals surface area contributed by atoms with Crippen molar-refractivity contribution in [2.75, 3.05) is 0 Å². The molecule has 1 saturated carbocycles. The van der Waals surface area contributed by atoms with Gasteiger partial charge >= 0.3 is 18.5 Å². The number of rotatable bonds is 2. The van der Waals surface area contributed by atoms with Crippen molar-refractivity contribution in [1.82, 2.24) is 0 Å². The average Bonchev–Trinajstić information content (AvgIpc) is 2.32. The van der Waals surface area contributed by atoms with Crippen molar-refractivity contribution in [3.05, 3.63) is 0 Å². The molecule has 0 amide bonds. The van der Waals surface area contributed by atoms with Crippen LogP contribution in [0.15, 0.2) is 0 Å². The highest BCUT2D eigenvalue weighted by Crippen LogP contribution is 2.60. The molecule has 1 N–H and O–H groups in total.